The van der Waals surface area contributed by atoms with Crippen LogP contribution in [0.15, 0.2) is 59.1 Å². The molecule has 3 heteroatoms. The van der Waals surface area contributed by atoms with Crippen molar-refractivity contribution in [1.82, 2.24) is 0 Å². The maximum absolute atomic E-state index is 10.3. The van der Waals surface area contributed by atoms with Crippen LogP contribution in [0.1, 0.15) is 18.6 Å². The number of para-hydroxylation sites is 1. The van der Waals surface area contributed by atoms with E-state index in [1.54, 1.807) is 0 Å². The van der Waals surface area contributed by atoms with E-state index in [0.717, 1.165) is 22.3 Å². The van der Waals surface area contributed by atoms with Crippen molar-refractivity contribution in [2.75, 3.05) is 18.0 Å². The Morgan fingerprint density at radius 3 is 2.26 bits per heavy atom. The zero-order valence-corrected chi connectivity index (χ0v) is 12.5. The number of anilines is 1. The fraction of sp³-hybridized carbons (Fsp3) is 0.250. The summed E-state index contributed by atoms with van der Waals surface area (Å²) in [7, 11) is 0. The van der Waals surface area contributed by atoms with Gasteiger partial charge in [-0.1, -0.05) is 46.3 Å². The number of aliphatic hydroxyl groups is 1. The predicted molar refractivity (Wildman–Crippen MR) is 83.4 cm³/mol. The Bertz CT molecular complexity index is 498. The molecule has 2 aromatic carbocycles. The summed E-state index contributed by atoms with van der Waals surface area (Å²) in [5.41, 5.74) is 2.08. The van der Waals surface area contributed by atoms with Gasteiger partial charge in [-0.25, -0.2) is 0 Å². The van der Waals surface area contributed by atoms with E-state index in [-0.39, 0.29) is 0 Å². The van der Waals surface area contributed by atoms with Crippen LogP contribution in [0.3, 0.4) is 0 Å². The smallest absolute Gasteiger partial charge is 0.0964 e. The largest absolute Gasteiger partial charge is 0.387 e. The summed E-state index contributed by atoms with van der Waals surface area (Å²) in [5, 5.41) is 10.3. The highest BCUT2D eigenvalue weighted by atomic mass is 79.9. The molecule has 2 aromatic rings. The van der Waals surface area contributed by atoms with Gasteiger partial charge in [-0.15, -0.1) is 0 Å². The van der Waals surface area contributed by atoms with Crippen LogP contribution in [-0.2, 0) is 0 Å². The Balaban J connectivity index is 2.08. The van der Waals surface area contributed by atoms with Crippen molar-refractivity contribution in [3.8, 4) is 0 Å². The number of likely N-dealkylation sites (N-methyl/N-ethyl adjacent to an activating group) is 1. The highest BCUT2D eigenvalue weighted by Crippen LogP contribution is 2.21. The van der Waals surface area contributed by atoms with Crippen LogP contribution in [0.4, 0.5) is 5.69 Å². The summed E-state index contributed by atoms with van der Waals surface area (Å²) in [5.74, 6) is 0. The summed E-state index contributed by atoms with van der Waals surface area (Å²) < 4.78 is 1.03. The number of hydrogen-bond acceptors (Lipinski definition) is 2. The minimum Gasteiger partial charge on any atom is -0.387 e. The van der Waals surface area contributed by atoms with E-state index in [9.17, 15) is 5.11 Å². The second-order valence-electron chi connectivity index (χ2n) is 4.44. The van der Waals surface area contributed by atoms with Gasteiger partial charge >= 0.3 is 0 Å². The number of hydrogen-bond donors (Lipinski definition) is 1. The monoisotopic (exact) mass is 319 g/mol. The molecule has 0 saturated carbocycles. The molecule has 0 spiro atoms. The third kappa shape index (κ3) is 3.82. The normalized spacial score (nSPS) is 12.2. The highest BCUT2D eigenvalue weighted by Gasteiger charge is 2.12. The summed E-state index contributed by atoms with van der Waals surface area (Å²) in [4.78, 5) is 2.17. The van der Waals surface area contributed by atoms with Crippen molar-refractivity contribution < 1.29 is 5.11 Å². The molecule has 0 fully saturated rings. The highest BCUT2D eigenvalue weighted by molar-refractivity contribution is 9.10. The van der Waals surface area contributed by atoms with Crippen LogP contribution in [0.5, 0.6) is 0 Å². The van der Waals surface area contributed by atoms with E-state index in [2.05, 4.69) is 39.9 Å². The van der Waals surface area contributed by atoms with E-state index >= 15 is 0 Å². The van der Waals surface area contributed by atoms with Gasteiger partial charge in [0.25, 0.3) is 0 Å². The molecule has 1 atom stereocenters. The van der Waals surface area contributed by atoms with Gasteiger partial charge in [0, 0.05) is 23.2 Å². The Morgan fingerprint density at radius 1 is 1.05 bits per heavy atom. The van der Waals surface area contributed by atoms with Gasteiger partial charge in [-0.3, -0.25) is 0 Å². The van der Waals surface area contributed by atoms with Crippen LogP contribution in [0.2, 0.25) is 0 Å². The van der Waals surface area contributed by atoms with E-state index in [1.807, 2.05) is 42.5 Å². The zero-order chi connectivity index (χ0) is 13.7. The van der Waals surface area contributed by atoms with Crippen LogP contribution >= 0.6 is 15.9 Å². The molecular formula is C16H18BrNO. The van der Waals surface area contributed by atoms with Crippen molar-refractivity contribution >= 4 is 21.6 Å². The fourth-order valence-electron chi connectivity index (χ4n) is 2.05. The SMILES string of the molecule is CCN(C[C@@H](O)c1ccc(Br)cc1)c1ccccc1. The van der Waals surface area contributed by atoms with Crippen LogP contribution in [0, 0.1) is 0 Å². The Labute approximate surface area is 122 Å². The van der Waals surface area contributed by atoms with Gasteiger partial charge in [0.15, 0.2) is 0 Å². The standard InChI is InChI=1S/C16H18BrNO/c1-2-18(15-6-4-3-5-7-15)12-16(19)13-8-10-14(17)11-9-13/h3-11,16,19H,2,12H2,1H3/t16-/m1/s1. The maximum Gasteiger partial charge on any atom is 0.0964 e. The molecule has 0 aliphatic rings. The van der Waals surface area contributed by atoms with E-state index in [4.69, 9.17) is 0 Å². The molecule has 0 radical (unpaired) electrons. The van der Waals surface area contributed by atoms with Crippen molar-refractivity contribution in [2.45, 2.75) is 13.0 Å². The molecule has 0 unspecified atom stereocenters. The Morgan fingerprint density at radius 2 is 1.68 bits per heavy atom. The molecule has 19 heavy (non-hydrogen) atoms. The van der Waals surface area contributed by atoms with E-state index in [0.29, 0.717) is 6.54 Å². The van der Waals surface area contributed by atoms with Gasteiger partial charge in [0.1, 0.15) is 0 Å². The molecule has 0 bridgehead atoms. The molecule has 0 saturated heterocycles. The van der Waals surface area contributed by atoms with Gasteiger partial charge in [0.05, 0.1) is 6.10 Å². The average molecular weight is 320 g/mol. The first-order valence-electron chi connectivity index (χ1n) is 6.44. The summed E-state index contributed by atoms with van der Waals surface area (Å²) in [6.07, 6.45) is -0.478. The topological polar surface area (TPSA) is 23.5 Å². The molecule has 0 aromatic heterocycles. The molecule has 0 aliphatic heterocycles. The number of benzene rings is 2. The van der Waals surface area contributed by atoms with Crippen molar-refractivity contribution in [2.24, 2.45) is 0 Å². The lowest BCUT2D eigenvalue weighted by molar-refractivity contribution is 0.183. The van der Waals surface area contributed by atoms with Crippen molar-refractivity contribution in [3.63, 3.8) is 0 Å². The van der Waals surface area contributed by atoms with Gasteiger partial charge < -0.3 is 10.0 Å². The maximum atomic E-state index is 10.3. The minimum absolute atomic E-state index is 0.478. The van der Waals surface area contributed by atoms with Gasteiger partial charge in [-0.05, 0) is 36.8 Å². The molecule has 100 valence electrons. The second-order valence-corrected chi connectivity index (χ2v) is 5.36. The Kier molecular flexibility index (Phi) is 5.00. The molecule has 0 aliphatic carbocycles. The van der Waals surface area contributed by atoms with Crippen molar-refractivity contribution in [3.05, 3.63) is 64.6 Å². The third-order valence-electron chi connectivity index (χ3n) is 3.15. The molecule has 2 rings (SSSR count). The van der Waals surface area contributed by atoms with Crippen molar-refractivity contribution in [1.29, 1.82) is 0 Å². The first-order valence-corrected chi connectivity index (χ1v) is 7.23. The lowest BCUT2D eigenvalue weighted by Crippen LogP contribution is -2.28. The summed E-state index contributed by atoms with van der Waals surface area (Å²) in [6.45, 7) is 3.57. The summed E-state index contributed by atoms with van der Waals surface area (Å²) >= 11 is 3.40. The predicted octanol–water partition coefficient (Wildman–Crippen LogP) is 4.01. The first-order chi connectivity index (χ1) is 9.20. The van der Waals surface area contributed by atoms with Crippen LogP contribution in [0.25, 0.3) is 0 Å². The minimum atomic E-state index is -0.478. The Hall–Kier alpha value is -1.32. The van der Waals surface area contributed by atoms with Gasteiger partial charge in [-0.2, -0.15) is 0 Å². The molecule has 1 N–H and O–H groups in total. The second kappa shape index (κ2) is 6.73. The quantitative estimate of drug-likeness (QED) is 0.900. The van der Waals surface area contributed by atoms with Crippen LogP contribution in [-0.4, -0.2) is 18.2 Å². The molecular weight excluding hydrogens is 302 g/mol. The lowest BCUT2D eigenvalue weighted by Gasteiger charge is -2.26. The fourth-order valence-corrected chi connectivity index (χ4v) is 2.32. The number of aliphatic hydroxyl groups excluding tert-OH is 1. The van der Waals surface area contributed by atoms with Crippen LogP contribution < -0.4 is 4.90 Å². The molecule has 0 amide bonds. The van der Waals surface area contributed by atoms with Gasteiger partial charge in [0.2, 0.25) is 0 Å². The number of rotatable bonds is 5. The average Bonchev–Trinajstić information content (AvgIpc) is 2.46. The lowest BCUT2D eigenvalue weighted by atomic mass is 10.1. The van der Waals surface area contributed by atoms with E-state index in [1.165, 1.54) is 0 Å². The third-order valence-corrected chi connectivity index (χ3v) is 3.68. The molecule has 2 nitrogen and oxygen atoms in total. The molecule has 0 heterocycles. The number of halogens is 1. The number of nitrogens with zero attached hydrogens (tertiary/aromatic N) is 1. The first kappa shape index (κ1) is 14.1. The van der Waals surface area contributed by atoms with E-state index < -0.39 is 6.10 Å². The zero-order valence-electron chi connectivity index (χ0n) is 11.0. The summed E-state index contributed by atoms with van der Waals surface area (Å²) in [6, 6.07) is 18.0.